The third-order valence-electron chi connectivity index (χ3n) is 10.8. The van der Waals surface area contributed by atoms with Crippen LogP contribution in [0.25, 0.3) is 0 Å². The first-order valence-corrected chi connectivity index (χ1v) is 13.8. The highest BCUT2D eigenvalue weighted by Crippen LogP contribution is 2.65. The lowest BCUT2D eigenvalue weighted by atomic mass is 9.47. The summed E-state index contributed by atoms with van der Waals surface area (Å²) in [5.74, 6) is 2.91. The van der Waals surface area contributed by atoms with Gasteiger partial charge in [0.05, 0.1) is 0 Å². The van der Waals surface area contributed by atoms with E-state index in [1.807, 2.05) is 0 Å². The Balaban J connectivity index is 1.48. The van der Waals surface area contributed by atoms with Gasteiger partial charge in [-0.1, -0.05) is 46.5 Å². The average Bonchev–Trinajstić information content (AvgIpc) is 3.10. The van der Waals surface area contributed by atoms with Crippen LogP contribution < -0.4 is 0 Å². The summed E-state index contributed by atoms with van der Waals surface area (Å²) in [6.07, 6.45) is 15.6. The number of hydrogen-bond acceptors (Lipinski definition) is 2. The van der Waals surface area contributed by atoms with Crippen LogP contribution in [0.4, 0.5) is 0 Å². The van der Waals surface area contributed by atoms with Gasteiger partial charge in [0.25, 0.3) is 0 Å². The Morgan fingerprint density at radius 3 is 2.41 bits per heavy atom. The Labute approximate surface area is 196 Å². The van der Waals surface area contributed by atoms with Crippen molar-refractivity contribution in [2.24, 2.45) is 28.6 Å². The van der Waals surface area contributed by atoms with Crippen LogP contribution in [0.15, 0.2) is 0 Å². The first-order valence-electron chi connectivity index (χ1n) is 13.8. The predicted molar refractivity (Wildman–Crippen MR) is 130 cm³/mol. The van der Waals surface area contributed by atoms with Gasteiger partial charge in [-0.05, 0) is 80.0 Å². The number of rotatable bonds is 7. The molecule has 0 unspecified atom stereocenters. The van der Waals surface area contributed by atoms with E-state index >= 15 is 0 Å². The molecule has 0 aromatic heterocycles. The molecule has 4 heteroatoms. The van der Waals surface area contributed by atoms with Crippen LogP contribution in [0.5, 0.6) is 0 Å². The van der Waals surface area contributed by atoms with E-state index in [0.29, 0.717) is 18.0 Å². The lowest BCUT2D eigenvalue weighted by Crippen LogP contribution is -2.62. The minimum Gasteiger partial charge on any atom is -0.342 e. The number of amides is 2. The Bertz CT molecular complexity index is 708. The Morgan fingerprint density at radius 1 is 0.969 bits per heavy atom. The summed E-state index contributed by atoms with van der Waals surface area (Å²) in [6.45, 7) is 10.0. The maximum atomic E-state index is 12.7. The number of hydrogen-bond donors (Lipinski definition) is 0. The first kappa shape index (κ1) is 24.1. The van der Waals surface area contributed by atoms with E-state index in [2.05, 4.69) is 37.6 Å². The SMILES string of the molecule is CCCCCCCN(C(C)=O)[C@H]1CC[C@H]2[C@@H]3CC[C@H]4N(C)C(=O)CC[C@]4(C)[C@H]3CC[C@]12C. The lowest BCUT2D eigenvalue weighted by Gasteiger charge is -2.62. The number of nitrogens with zero attached hydrogens (tertiary/aromatic N) is 2. The zero-order valence-electron chi connectivity index (χ0n) is 21.5. The van der Waals surface area contributed by atoms with Crippen molar-refractivity contribution in [2.45, 2.75) is 123 Å². The predicted octanol–water partition coefficient (Wildman–Crippen LogP) is 6.04. The standard InChI is InChI=1S/C28H48N2O2/c1-6-7-8-9-10-19-30(20(2)31)25-14-12-22-21-11-13-24-27(3,18-16-26(32)29(24)5)23(21)15-17-28(22,25)4/h21-25H,6-19H2,1-5H3/t21-,22-,23-,24+,25-,27+,28-/m0/s1. The third-order valence-corrected chi connectivity index (χ3v) is 10.8. The Kier molecular flexibility index (Phi) is 6.99. The topological polar surface area (TPSA) is 40.6 Å². The van der Waals surface area contributed by atoms with E-state index in [0.717, 1.165) is 43.6 Å². The summed E-state index contributed by atoms with van der Waals surface area (Å²) in [5.41, 5.74) is 0.556. The number of unbranched alkanes of at least 4 members (excludes halogenated alkanes) is 4. The second-order valence-electron chi connectivity index (χ2n) is 12.2. The highest BCUT2D eigenvalue weighted by atomic mass is 16.2. The fraction of sp³-hybridized carbons (Fsp3) is 0.929. The van der Waals surface area contributed by atoms with Crippen molar-refractivity contribution in [3.05, 3.63) is 0 Å². The van der Waals surface area contributed by atoms with Crippen molar-refractivity contribution in [1.82, 2.24) is 9.80 Å². The number of likely N-dealkylation sites (tertiary alicyclic amines) is 1. The summed E-state index contributed by atoms with van der Waals surface area (Å²) >= 11 is 0. The molecule has 4 rings (SSSR count). The van der Waals surface area contributed by atoms with E-state index < -0.39 is 0 Å². The molecule has 0 aromatic carbocycles. The van der Waals surface area contributed by atoms with E-state index in [-0.39, 0.29) is 16.7 Å². The van der Waals surface area contributed by atoms with Gasteiger partial charge in [0.15, 0.2) is 0 Å². The molecule has 0 spiro atoms. The maximum absolute atomic E-state index is 12.7. The van der Waals surface area contributed by atoms with Crippen LogP contribution in [-0.2, 0) is 9.59 Å². The van der Waals surface area contributed by atoms with Gasteiger partial charge >= 0.3 is 0 Å². The zero-order chi connectivity index (χ0) is 23.1. The van der Waals surface area contributed by atoms with E-state index in [4.69, 9.17) is 0 Å². The molecule has 7 atom stereocenters. The van der Waals surface area contributed by atoms with E-state index in [1.165, 1.54) is 64.2 Å². The van der Waals surface area contributed by atoms with Gasteiger partial charge in [-0.15, -0.1) is 0 Å². The van der Waals surface area contributed by atoms with Crippen LogP contribution >= 0.6 is 0 Å². The van der Waals surface area contributed by atoms with Gasteiger partial charge in [0.2, 0.25) is 11.8 Å². The van der Waals surface area contributed by atoms with Gasteiger partial charge in [-0.2, -0.15) is 0 Å². The van der Waals surface area contributed by atoms with Crippen LogP contribution in [0, 0.1) is 28.6 Å². The highest BCUT2D eigenvalue weighted by molar-refractivity contribution is 5.77. The molecule has 0 bridgehead atoms. The molecular weight excluding hydrogens is 396 g/mol. The number of piperidine rings is 1. The van der Waals surface area contributed by atoms with Crippen molar-refractivity contribution >= 4 is 11.8 Å². The van der Waals surface area contributed by atoms with Crippen LogP contribution in [0.1, 0.15) is 111 Å². The van der Waals surface area contributed by atoms with Gasteiger partial charge in [0, 0.05) is 39.0 Å². The Morgan fingerprint density at radius 2 is 1.69 bits per heavy atom. The fourth-order valence-corrected chi connectivity index (χ4v) is 9.05. The molecule has 182 valence electrons. The molecule has 3 saturated carbocycles. The summed E-state index contributed by atoms with van der Waals surface area (Å²) in [4.78, 5) is 29.5. The lowest BCUT2D eigenvalue weighted by molar-refractivity contribution is -0.159. The molecule has 0 aromatic rings. The van der Waals surface area contributed by atoms with Crippen molar-refractivity contribution < 1.29 is 9.59 Å². The van der Waals surface area contributed by atoms with E-state index in [9.17, 15) is 9.59 Å². The zero-order valence-corrected chi connectivity index (χ0v) is 21.5. The smallest absolute Gasteiger partial charge is 0.222 e. The molecule has 2 amide bonds. The number of carbonyl (C=O) groups excluding carboxylic acids is 2. The molecule has 1 heterocycles. The van der Waals surface area contributed by atoms with Crippen molar-refractivity contribution in [1.29, 1.82) is 0 Å². The average molecular weight is 445 g/mol. The molecule has 0 N–H and O–H groups in total. The summed E-state index contributed by atoms with van der Waals surface area (Å²) < 4.78 is 0. The highest BCUT2D eigenvalue weighted by Gasteiger charge is 2.62. The normalized spacial score (nSPS) is 41.1. The van der Waals surface area contributed by atoms with Crippen LogP contribution in [0.2, 0.25) is 0 Å². The quantitative estimate of drug-likeness (QED) is 0.449. The van der Waals surface area contributed by atoms with Gasteiger partial charge in [0.1, 0.15) is 0 Å². The third kappa shape index (κ3) is 3.92. The van der Waals surface area contributed by atoms with Crippen LogP contribution in [0.3, 0.4) is 0 Å². The molecular formula is C28H48N2O2. The van der Waals surface area contributed by atoms with Gasteiger partial charge < -0.3 is 9.80 Å². The minimum atomic E-state index is 0.274. The van der Waals surface area contributed by atoms with Crippen molar-refractivity contribution in [3.8, 4) is 0 Å². The number of carbonyl (C=O) groups is 2. The summed E-state index contributed by atoms with van der Waals surface area (Å²) in [7, 11) is 2.05. The second-order valence-corrected chi connectivity index (χ2v) is 12.2. The minimum absolute atomic E-state index is 0.274. The maximum Gasteiger partial charge on any atom is 0.222 e. The molecule has 1 aliphatic heterocycles. The number of fused-ring (bicyclic) bond motifs is 5. The molecule has 3 aliphatic carbocycles. The molecule has 4 nitrogen and oxygen atoms in total. The van der Waals surface area contributed by atoms with Crippen molar-refractivity contribution in [3.63, 3.8) is 0 Å². The summed E-state index contributed by atoms with van der Waals surface area (Å²) in [6, 6.07) is 0.863. The Hall–Kier alpha value is -1.06. The molecule has 4 fully saturated rings. The van der Waals surface area contributed by atoms with Crippen LogP contribution in [-0.4, -0.2) is 47.3 Å². The summed E-state index contributed by atoms with van der Waals surface area (Å²) in [5, 5.41) is 0. The molecule has 0 radical (unpaired) electrons. The van der Waals surface area contributed by atoms with Gasteiger partial charge in [-0.3, -0.25) is 9.59 Å². The molecule has 4 aliphatic rings. The monoisotopic (exact) mass is 444 g/mol. The largest absolute Gasteiger partial charge is 0.342 e. The first-order chi connectivity index (χ1) is 15.2. The molecule has 1 saturated heterocycles. The fourth-order valence-electron chi connectivity index (χ4n) is 9.05. The molecule has 32 heavy (non-hydrogen) atoms. The second kappa shape index (κ2) is 9.29. The van der Waals surface area contributed by atoms with E-state index in [1.54, 1.807) is 6.92 Å². The van der Waals surface area contributed by atoms with Gasteiger partial charge in [-0.25, -0.2) is 0 Å². The van der Waals surface area contributed by atoms with Crippen molar-refractivity contribution in [2.75, 3.05) is 13.6 Å².